The van der Waals surface area contributed by atoms with Gasteiger partial charge >= 0.3 is 0 Å². The summed E-state index contributed by atoms with van der Waals surface area (Å²) >= 11 is 0. The van der Waals surface area contributed by atoms with Crippen molar-refractivity contribution < 1.29 is 0 Å². The number of rotatable bonds is 8. The van der Waals surface area contributed by atoms with Gasteiger partial charge in [0.05, 0.1) is 12.0 Å². The van der Waals surface area contributed by atoms with Crippen molar-refractivity contribution in [3.05, 3.63) is 17.7 Å². The quantitative estimate of drug-likeness (QED) is 0.687. The van der Waals surface area contributed by atoms with E-state index in [2.05, 4.69) is 35.6 Å². The van der Waals surface area contributed by atoms with E-state index in [1.54, 1.807) is 0 Å². The van der Waals surface area contributed by atoms with Crippen LogP contribution in [0.3, 0.4) is 0 Å². The molecule has 0 saturated carbocycles. The first kappa shape index (κ1) is 13.2. The molecule has 0 amide bonds. The minimum absolute atomic E-state index is 1.09. The summed E-state index contributed by atoms with van der Waals surface area (Å²) in [5.41, 5.74) is 2.47. The van der Waals surface area contributed by atoms with E-state index >= 15 is 0 Å². The monoisotopic (exact) mass is 223 g/mol. The summed E-state index contributed by atoms with van der Waals surface area (Å²) in [5, 5.41) is 3.35. The molecule has 0 aliphatic carbocycles. The van der Waals surface area contributed by atoms with E-state index in [0.717, 1.165) is 18.8 Å². The first-order valence-corrected chi connectivity index (χ1v) is 6.44. The highest BCUT2D eigenvalue weighted by atomic mass is 15.0. The normalized spacial score (nSPS) is 10.9. The molecule has 0 fully saturated rings. The van der Waals surface area contributed by atoms with Gasteiger partial charge in [0.25, 0.3) is 0 Å². The fraction of sp³-hybridized carbons (Fsp3) is 0.769. The molecule has 1 heterocycles. The Labute approximate surface area is 99.3 Å². The lowest BCUT2D eigenvalue weighted by atomic mass is 10.2. The Morgan fingerprint density at radius 2 is 1.94 bits per heavy atom. The van der Waals surface area contributed by atoms with Gasteiger partial charge in [0.2, 0.25) is 0 Å². The van der Waals surface area contributed by atoms with Crippen molar-refractivity contribution in [1.82, 2.24) is 14.9 Å². The minimum atomic E-state index is 1.09. The number of imidazole rings is 1. The van der Waals surface area contributed by atoms with Crippen LogP contribution in [-0.4, -0.2) is 22.6 Å². The number of aromatic nitrogens is 2. The number of hydrogen-bond donors (Lipinski definition) is 1. The molecule has 0 aromatic carbocycles. The Balaban J connectivity index is 2.05. The van der Waals surface area contributed by atoms with Crippen molar-refractivity contribution in [2.24, 2.45) is 0 Å². The van der Waals surface area contributed by atoms with E-state index in [-0.39, 0.29) is 0 Å². The molecule has 3 nitrogen and oxygen atoms in total. The SMILES string of the molecule is CCNCCCCCCn1cnc(C)c1C. The van der Waals surface area contributed by atoms with Crippen molar-refractivity contribution in [2.75, 3.05) is 13.1 Å². The Kier molecular flexibility index (Phi) is 6.16. The van der Waals surface area contributed by atoms with Crippen molar-refractivity contribution >= 4 is 0 Å². The van der Waals surface area contributed by atoms with Crippen LogP contribution in [0.25, 0.3) is 0 Å². The van der Waals surface area contributed by atoms with Crippen molar-refractivity contribution in [3.63, 3.8) is 0 Å². The van der Waals surface area contributed by atoms with E-state index in [1.807, 2.05) is 6.33 Å². The van der Waals surface area contributed by atoms with Crippen LogP contribution in [0.1, 0.15) is 44.0 Å². The molecule has 1 N–H and O–H groups in total. The smallest absolute Gasteiger partial charge is 0.0951 e. The van der Waals surface area contributed by atoms with Crippen molar-refractivity contribution in [3.8, 4) is 0 Å². The van der Waals surface area contributed by atoms with Gasteiger partial charge in [-0.25, -0.2) is 4.98 Å². The Morgan fingerprint density at radius 3 is 2.56 bits per heavy atom. The van der Waals surface area contributed by atoms with Crippen LogP contribution >= 0.6 is 0 Å². The van der Waals surface area contributed by atoms with Crippen LogP contribution < -0.4 is 5.32 Å². The Morgan fingerprint density at radius 1 is 1.19 bits per heavy atom. The third-order valence-corrected chi connectivity index (χ3v) is 3.10. The zero-order valence-electron chi connectivity index (χ0n) is 10.9. The summed E-state index contributed by atoms with van der Waals surface area (Å²) in [5.74, 6) is 0. The molecule has 92 valence electrons. The van der Waals surface area contributed by atoms with E-state index in [0.29, 0.717) is 0 Å². The molecular weight excluding hydrogens is 198 g/mol. The number of hydrogen-bond acceptors (Lipinski definition) is 2. The van der Waals surface area contributed by atoms with Gasteiger partial charge in [-0.1, -0.05) is 19.8 Å². The van der Waals surface area contributed by atoms with Gasteiger partial charge in [-0.3, -0.25) is 0 Å². The predicted octanol–water partition coefficient (Wildman–Crippen LogP) is 2.67. The molecule has 0 radical (unpaired) electrons. The first-order valence-electron chi connectivity index (χ1n) is 6.44. The van der Waals surface area contributed by atoms with Crippen LogP contribution in [0, 0.1) is 13.8 Å². The molecule has 0 unspecified atom stereocenters. The molecule has 0 saturated heterocycles. The van der Waals surface area contributed by atoms with E-state index in [9.17, 15) is 0 Å². The van der Waals surface area contributed by atoms with Gasteiger partial charge < -0.3 is 9.88 Å². The van der Waals surface area contributed by atoms with Crippen LogP contribution in [0.2, 0.25) is 0 Å². The molecule has 0 bridgehead atoms. The van der Waals surface area contributed by atoms with E-state index in [1.165, 1.54) is 37.9 Å². The molecular formula is C13H25N3. The summed E-state index contributed by atoms with van der Waals surface area (Å²) in [4.78, 5) is 4.31. The second-order valence-corrected chi connectivity index (χ2v) is 4.38. The van der Waals surface area contributed by atoms with Gasteiger partial charge in [0.1, 0.15) is 0 Å². The molecule has 0 aliphatic rings. The summed E-state index contributed by atoms with van der Waals surface area (Å²) < 4.78 is 2.26. The average molecular weight is 223 g/mol. The van der Waals surface area contributed by atoms with Gasteiger partial charge in [0, 0.05) is 12.2 Å². The fourth-order valence-electron chi connectivity index (χ4n) is 1.83. The maximum Gasteiger partial charge on any atom is 0.0951 e. The topological polar surface area (TPSA) is 29.9 Å². The predicted molar refractivity (Wildman–Crippen MR) is 68.7 cm³/mol. The third kappa shape index (κ3) is 4.35. The molecule has 0 spiro atoms. The van der Waals surface area contributed by atoms with Gasteiger partial charge in [-0.15, -0.1) is 0 Å². The second kappa shape index (κ2) is 7.44. The molecule has 1 aromatic rings. The van der Waals surface area contributed by atoms with Crippen molar-refractivity contribution in [1.29, 1.82) is 0 Å². The van der Waals surface area contributed by atoms with Crippen LogP contribution in [0.15, 0.2) is 6.33 Å². The summed E-state index contributed by atoms with van der Waals surface area (Å²) in [7, 11) is 0. The molecule has 16 heavy (non-hydrogen) atoms. The zero-order valence-corrected chi connectivity index (χ0v) is 10.9. The van der Waals surface area contributed by atoms with Crippen LogP contribution in [0.4, 0.5) is 0 Å². The first-order chi connectivity index (χ1) is 7.75. The number of nitrogens with zero attached hydrogens (tertiary/aromatic N) is 2. The van der Waals surface area contributed by atoms with Gasteiger partial charge in [0.15, 0.2) is 0 Å². The lowest BCUT2D eigenvalue weighted by molar-refractivity contribution is 0.551. The largest absolute Gasteiger partial charge is 0.335 e. The molecule has 0 atom stereocenters. The van der Waals surface area contributed by atoms with Crippen molar-refractivity contribution in [2.45, 2.75) is 53.0 Å². The highest BCUT2D eigenvalue weighted by Gasteiger charge is 2.00. The Hall–Kier alpha value is -0.830. The maximum atomic E-state index is 4.31. The summed E-state index contributed by atoms with van der Waals surface area (Å²) in [6.07, 6.45) is 7.18. The zero-order chi connectivity index (χ0) is 11.8. The third-order valence-electron chi connectivity index (χ3n) is 3.10. The Bertz CT molecular complexity index is 291. The summed E-state index contributed by atoms with van der Waals surface area (Å²) in [6, 6.07) is 0. The van der Waals surface area contributed by atoms with Crippen LogP contribution in [-0.2, 0) is 6.54 Å². The maximum absolute atomic E-state index is 4.31. The molecule has 1 aromatic heterocycles. The van der Waals surface area contributed by atoms with Gasteiger partial charge in [-0.2, -0.15) is 0 Å². The number of unbranched alkanes of at least 4 members (excludes halogenated alkanes) is 3. The van der Waals surface area contributed by atoms with E-state index < -0.39 is 0 Å². The number of aryl methyl sites for hydroxylation is 2. The molecule has 1 rings (SSSR count). The lowest BCUT2D eigenvalue weighted by Gasteiger charge is -2.05. The molecule has 0 aliphatic heterocycles. The van der Waals surface area contributed by atoms with Crippen LogP contribution in [0.5, 0.6) is 0 Å². The molecule has 3 heteroatoms. The fourth-order valence-corrected chi connectivity index (χ4v) is 1.83. The lowest BCUT2D eigenvalue weighted by Crippen LogP contribution is -2.13. The highest BCUT2D eigenvalue weighted by molar-refractivity contribution is 5.08. The highest BCUT2D eigenvalue weighted by Crippen LogP contribution is 2.07. The summed E-state index contributed by atoms with van der Waals surface area (Å²) in [6.45, 7) is 9.75. The average Bonchev–Trinajstić information content (AvgIpc) is 2.59. The number of nitrogens with one attached hydrogen (secondary N) is 1. The minimum Gasteiger partial charge on any atom is -0.335 e. The van der Waals surface area contributed by atoms with Gasteiger partial charge in [-0.05, 0) is 39.8 Å². The van der Waals surface area contributed by atoms with E-state index in [4.69, 9.17) is 0 Å². The standard InChI is InChI=1S/C13H25N3/c1-4-14-9-7-5-6-8-10-16-11-15-12(2)13(16)3/h11,14H,4-10H2,1-3H3. The second-order valence-electron chi connectivity index (χ2n) is 4.38.